The Bertz CT molecular complexity index is 478. The molecular formula is C10H15N3O2S. The van der Waals surface area contributed by atoms with E-state index in [1.54, 1.807) is 12.3 Å². The molecule has 1 saturated heterocycles. The van der Waals surface area contributed by atoms with Crippen LogP contribution in [0.4, 0.5) is 5.95 Å². The summed E-state index contributed by atoms with van der Waals surface area (Å²) >= 11 is 0. The Morgan fingerprint density at radius 3 is 3.12 bits per heavy atom. The van der Waals surface area contributed by atoms with Crippen molar-refractivity contribution in [2.24, 2.45) is 0 Å². The molecule has 0 radical (unpaired) electrons. The highest BCUT2D eigenvalue weighted by molar-refractivity contribution is 7.91. The van der Waals surface area contributed by atoms with Gasteiger partial charge in [0.1, 0.15) is 0 Å². The third-order valence-electron chi connectivity index (χ3n) is 2.67. The van der Waals surface area contributed by atoms with Crippen LogP contribution in [-0.4, -0.2) is 36.0 Å². The Hall–Kier alpha value is -1.30. The van der Waals surface area contributed by atoms with Crippen LogP contribution in [0.3, 0.4) is 0 Å². The average molecular weight is 241 g/mol. The smallest absolute Gasteiger partial charge is 0.203 e. The molecule has 0 saturated carbocycles. The van der Waals surface area contributed by atoms with Crippen molar-refractivity contribution in [2.45, 2.75) is 12.5 Å². The molecule has 0 bridgehead atoms. The van der Waals surface area contributed by atoms with Gasteiger partial charge < -0.3 is 9.88 Å². The van der Waals surface area contributed by atoms with Crippen molar-refractivity contribution in [2.75, 3.05) is 23.4 Å². The Balaban J connectivity index is 2.15. The van der Waals surface area contributed by atoms with Gasteiger partial charge in [-0.1, -0.05) is 6.08 Å². The molecule has 6 heteroatoms. The first-order valence-corrected chi connectivity index (χ1v) is 7.02. The number of hydrogen-bond donors (Lipinski definition) is 1. The number of aromatic nitrogens is 2. The fraction of sp³-hybridized carbons (Fsp3) is 0.500. The van der Waals surface area contributed by atoms with Crippen LogP contribution in [0.15, 0.2) is 25.0 Å². The third kappa shape index (κ3) is 2.27. The van der Waals surface area contributed by atoms with Crippen molar-refractivity contribution < 1.29 is 8.42 Å². The maximum absolute atomic E-state index is 11.4. The van der Waals surface area contributed by atoms with E-state index in [2.05, 4.69) is 16.9 Å². The molecule has 0 aromatic carbocycles. The zero-order chi connectivity index (χ0) is 11.6. The Morgan fingerprint density at radius 2 is 2.50 bits per heavy atom. The molecule has 1 unspecified atom stereocenters. The number of nitrogens with zero attached hydrogens (tertiary/aromatic N) is 2. The Labute approximate surface area is 95.1 Å². The molecule has 2 heterocycles. The lowest BCUT2D eigenvalue weighted by atomic mass is 10.2. The monoisotopic (exact) mass is 241 g/mol. The van der Waals surface area contributed by atoms with Crippen molar-refractivity contribution >= 4 is 15.8 Å². The van der Waals surface area contributed by atoms with Gasteiger partial charge >= 0.3 is 0 Å². The van der Waals surface area contributed by atoms with Gasteiger partial charge in [-0.2, -0.15) is 0 Å². The zero-order valence-electron chi connectivity index (χ0n) is 8.96. The number of anilines is 1. The van der Waals surface area contributed by atoms with Gasteiger partial charge in [0.15, 0.2) is 9.84 Å². The van der Waals surface area contributed by atoms with Crippen LogP contribution in [0.25, 0.3) is 0 Å². The molecule has 1 fully saturated rings. The number of sulfone groups is 1. The largest absolute Gasteiger partial charge is 0.352 e. The van der Waals surface area contributed by atoms with E-state index in [1.165, 1.54) is 0 Å². The number of imidazole rings is 1. The summed E-state index contributed by atoms with van der Waals surface area (Å²) in [6.45, 7) is 4.24. The molecule has 1 aromatic heterocycles. The zero-order valence-corrected chi connectivity index (χ0v) is 9.78. The fourth-order valence-corrected chi connectivity index (χ4v) is 3.61. The summed E-state index contributed by atoms with van der Waals surface area (Å²) in [4.78, 5) is 4.16. The van der Waals surface area contributed by atoms with Crippen LogP contribution >= 0.6 is 0 Å². The highest BCUT2D eigenvalue weighted by Gasteiger charge is 2.30. The van der Waals surface area contributed by atoms with Crippen LogP contribution in [-0.2, 0) is 9.84 Å². The van der Waals surface area contributed by atoms with Gasteiger partial charge in [-0.05, 0) is 6.42 Å². The van der Waals surface area contributed by atoms with Gasteiger partial charge in [0.05, 0.1) is 17.5 Å². The van der Waals surface area contributed by atoms with Gasteiger partial charge in [0.25, 0.3) is 0 Å². The van der Waals surface area contributed by atoms with Crippen LogP contribution < -0.4 is 5.32 Å². The first-order chi connectivity index (χ1) is 7.62. The van der Waals surface area contributed by atoms with Crippen molar-refractivity contribution in [3.63, 3.8) is 0 Å². The Morgan fingerprint density at radius 1 is 1.69 bits per heavy atom. The Kier molecular flexibility index (Phi) is 3.00. The second-order valence-electron chi connectivity index (χ2n) is 3.88. The summed E-state index contributed by atoms with van der Waals surface area (Å²) in [7, 11) is -2.86. The van der Waals surface area contributed by atoms with Crippen molar-refractivity contribution in [1.29, 1.82) is 0 Å². The van der Waals surface area contributed by atoms with E-state index in [0.29, 0.717) is 18.9 Å². The van der Waals surface area contributed by atoms with Gasteiger partial charge in [-0.15, -0.1) is 6.58 Å². The summed E-state index contributed by atoms with van der Waals surface area (Å²) in [5, 5.41) is 3.09. The van der Waals surface area contributed by atoms with E-state index in [1.807, 2.05) is 10.8 Å². The second-order valence-corrected chi connectivity index (χ2v) is 6.11. The molecule has 1 aromatic rings. The van der Waals surface area contributed by atoms with Crippen molar-refractivity contribution in [3.05, 3.63) is 25.0 Å². The van der Waals surface area contributed by atoms with Crippen LogP contribution in [0.1, 0.15) is 12.5 Å². The maximum atomic E-state index is 11.4. The van der Waals surface area contributed by atoms with E-state index in [0.717, 1.165) is 0 Å². The highest BCUT2D eigenvalue weighted by Crippen LogP contribution is 2.26. The third-order valence-corrected chi connectivity index (χ3v) is 4.43. The molecule has 0 amide bonds. The van der Waals surface area contributed by atoms with Crippen LogP contribution in [0.2, 0.25) is 0 Å². The second kappa shape index (κ2) is 4.29. The molecule has 16 heavy (non-hydrogen) atoms. The summed E-state index contributed by atoms with van der Waals surface area (Å²) in [6, 6.07) is 0.0137. The van der Waals surface area contributed by atoms with E-state index < -0.39 is 9.84 Å². The predicted molar refractivity (Wildman–Crippen MR) is 63.2 cm³/mol. The van der Waals surface area contributed by atoms with Gasteiger partial charge in [-0.25, -0.2) is 13.4 Å². The molecule has 88 valence electrons. The van der Waals surface area contributed by atoms with Crippen LogP contribution in [0.5, 0.6) is 0 Å². The normalized spacial score (nSPS) is 23.1. The molecule has 0 aliphatic carbocycles. The van der Waals surface area contributed by atoms with E-state index in [4.69, 9.17) is 0 Å². The standard InChI is InChI=1S/C10H15N3O2S/c1-2-4-11-10-12-5-6-13(10)9-3-7-16(14,15)8-9/h2,5-6,9H,1,3-4,7-8H2,(H,11,12). The van der Waals surface area contributed by atoms with Gasteiger partial charge in [0.2, 0.25) is 5.95 Å². The van der Waals surface area contributed by atoms with Crippen molar-refractivity contribution in [3.8, 4) is 0 Å². The summed E-state index contributed by atoms with van der Waals surface area (Å²) in [5.74, 6) is 1.20. The molecule has 1 aliphatic rings. The number of hydrogen-bond acceptors (Lipinski definition) is 4. The maximum Gasteiger partial charge on any atom is 0.203 e. The quantitative estimate of drug-likeness (QED) is 0.793. The molecule has 1 aliphatic heterocycles. The minimum Gasteiger partial charge on any atom is -0.352 e. The number of nitrogens with one attached hydrogen (secondary N) is 1. The van der Waals surface area contributed by atoms with Crippen LogP contribution in [0, 0.1) is 0 Å². The number of rotatable bonds is 4. The topological polar surface area (TPSA) is 64.0 Å². The van der Waals surface area contributed by atoms with Crippen molar-refractivity contribution in [1.82, 2.24) is 9.55 Å². The molecule has 1 N–H and O–H groups in total. The average Bonchev–Trinajstić information content (AvgIpc) is 2.81. The van der Waals surface area contributed by atoms with E-state index >= 15 is 0 Å². The molecule has 2 rings (SSSR count). The lowest BCUT2D eigenvalue weighted by molar-refractivity contribution is 0.560. The fourth-order valence-electron chi connectivity index (χ4n) is 1.90. The van der Waals surface area contributed by atoms with Gasteiger partial charge in [-0.3, -0.25) is 0 Å². The minimum absolute atomic E-state index is 0.0137. The predicted octanol–water partition coefficient (Wildman–Crippen LogP) is 0.841. The SMILES string of the molecule is C=CCNc1nccn1C1CCS(=O)(=O)C1. The minimum atomic E-state index is -2.86. The van der Waals surface area contributed by atoms with Gasteiger partial charge in [0, 0.05) is 18.9 Å². The summed E-state index contributed by atoms with van der Waals surface area (Å²) in [6.07, 6.45) is 5.90. The van der Waals surface area contributed by atoms with E-state index in [9.17, 15) is 8.42 Å². The lowest BCUT2D eigenvalue weighted by Crippen LogP contribution is -2.14. The first kappa shape index (κ1) is 11.2. The first-order valence-electron chi connectivity index (χ1n) is 5.20. The molecule has 5 nitrogen and oxygen atoms in total. The molecule has 0 spiro atoms. The lowest BCUT2D eigenvalue weighted by Gasteiger charge is -2.13. The molecule has 1 atom stereocenters. The summed E-state index contributed by atoms with van der Waals surface area (Å²) in [5.41, 5.74) is 0. The molecular weight excluding hydrogens is 226 g/mol. The summed E-state index contributed by atoms with van der Waals surface area (Å²) < 4.78 is 24.7. The van der Waals surface area contributed by atoms with E-state index in [-0.39, 0.29) is 17.5 Å². The highest BCUT2D eigenvalue weighted by atomic mass is 32.2.